The van der Waals surface area contributed by atoms with Crippen molar-refractivity contribution in [2.45, 2.75) is 13.0 Å². The molecule has 2 rings (SSSR count). The van der Waals surface area contributed by atoms with E-state index in [1.807, 2.05) is 25.2 Å². The van der Waals surface area contributed by atoms with Crippen LogP contribution in [-0.2, 0) is 0 Å². The molecule has 0 bridgehead atoms. The zero-order chi connectivity index (χ0) is 14.0. The Hall–Kier alpha value is -1.09. The number of aryl methyl sites for hydroxylation is 1. The lowest BCUT2D eigenvalue weighted by molar-refractivity contribution is 0.614. The maximum atomic E-state index is 13.3. The highest BCUT2D eigenvalue weighted by atomic mass is 35.5. The Balaban J connectivity index is 2.46. The van der Waals surface area contributed by atoms with Gasteiger partial charge in [0.05, 0.1) is 6.04 Å². The number of rotatable bonds is 3. The summed E-state index contributed by atoms with van der Waals surface area (Å²) >= 11 is 12.0. The minimum Gasteiger partial charge on any atom is -0.309 e. The molecule has 1 unspecified atom stereocenters. The van der Waals surface area contributed by atoms with Gasteiger partial charge in [-0.3, -0.25) is 0 Å². The average molecular weight is 298 g/mol. The lowest BCUT2D eigenvalue weighted by atomic mass is 9.97. The van der Waals surface area contributed by atoms with E-state index in [0.717, 1.165) is 11.1 Å². The second-order valence-corrected chi connectivity index (χ2v) is 5.31. The first-order valence-corrected chi connectivity index (χ1v) is 6.66. The normalized spacial score (nSPS) is 12.5. The first-order valence-electron chi connectivity index (χ1n) is 5.90. The largest absolute Gasteiger partial charge is 0.309 e. The second kappa shape index (κ2) is 5.91. The fourth-order valence-electron chi connectivity index (χ4n) is 2.12. The van der Waals surface area contributed by atoms with E-state index in [0.29, 0.717) is 15.6 Å². The Morgan fingerprint density at radius 2 is 1.63 bits per heavy atom. The predicted octanol–water partition coefficient (Wildman–Crippen LogP) is 4.75. The highest BCUT2D eigenvalue weighted by Crippen LogP contribution is 2.28. The van der Waals surface area contributed by atoms with Gasteiger partial charge in [-0.2, -0.15) is 0 Å². The van der Waals surface area contributed by atoms with Gasteiger partial charge in [-0.15, -0.1) is 0 Å². The van der Waals surface area contributed by atoms with E-state index in [1.165, 1.54) is 6.07 Å². The minimum absolute atomic E-state index is 0.0736. The standard InChI is InChI=1S/C15H14Cl2FN/c1-9-5-10(3-4-14(9)18)15(19-2)11-6-12(16)8-13(17)7-11/h3-8,15,19H,1-2H3. The van der Waals surface area contributed by atoms with Gasteiger partial charge in [0.25, 0.3) is 0 Å². The van der Waals surface area contributed by atoms with Crippen LogP contribution < -0.4 is 5.32 Å². The van der Waals surface area contributed by atoms with E-state index >= 15 is 0 Å². The molecule has 1 atom stereocenters. The molecule has 0 amide bonds. The third kappa shape index (κ3) is 3.27. The highest BCUT2D eigenvalue weighted by molar-refractivity contribution is 6.34. The Morgan fingerprint density at radius 1 is 1.00 bits per heavy atom. The maximum absolute atomic E-state index is 13.3. The lowest BCUT2D eigenvalue weighted by Gasteiger charge is -2.18. The van der Waals surface area contributed by atoms with Gasteiger partial charge < -0.3 is 5.32 Å². The van der Waals surface area contributed by atoms with Crippen molar-refractivity contribution >= 4 is 23.2 Å². The Kier molecular flexibility index (Phi) is 4.46. The molecule has 2 aromatic rings. The lowest BCUT2D eigenvalue weighted by Crippen LogP contribution is -2.18. The second-order valence-electron chi connectivity index (χ2n) is 4.43. The van der Waals surface area contributed by atoms with E-state index in [-0.39, 0.29) is 11.9 Å². The van der Waals surface area contributed by atoms with Gasteiger partial charge in [0.1, 0.15) is 5.82 Å². The molecule has 0 heterocycles. The van der Waals surface area contributed by atoms with Gasteiger partial charge in [-0.05, 0) is 54.9 Å². The van der Waals surface area contributed by atoms with Gasteiger partial charge in [-0.25, -0.2) is 4.39 Å². The van der Waals surface area contributed by atoms with Crippen LogP contribution >= 0.6 is 23.2 Å². The van der Waals surface area contributed by atoms with E-state index in [4.69, 9.17) is 23.2 Å². The topological polar surface area (TPSA) is 12.0 Å². The van der Waals surface area contributed by atoms with E-state index in [9.17, 15) is 4.39 Å². The molecule has 1 nitrogen and oxygen atoms in total. The van der Waals surface area contributed by atoms with Crippen molar-refractivity contribution in [2.75, 3.05) is 7.05 Å². The van der Waals surface area contributed by atoms with Crippen LogP contribution in [0.15, 0.2) is 36.4 Å². The van der Waals surface area contributed by atoms with Crippen molar-refractivity contribution in [3.8, 4) is 0 Å². The average Bonchev–Trinajstić information content (AvgIpc) is 2.33. The maximum Gasteiger partial charge on any atom is 0.126 e. The van der Waals surface area contributed by atoms with Gasteiger partial charge >= 0.3 is 0 Å². The van der Waals surface area contributed by atoms with Crippen LogP contribution in [0.1, 0.15) is 22.7 Å². The molecule has 4 heteroatoms. The summed E-state index contributed by atoms with van der Waals surface area (Å²) in [5.74, 6) is -0.206. The van der Waals surface area contributed by atoms with Gasteiger partial charge in [0.15, 0.2) is 0 Å². The molecule has 1 N–H and O–H groups in total. The zero-order valence-corrected chi connectivity index (χ0v) is 12.2. The van der Waals surface area contributed by atoms with Crippen molar-refractivity contribution in [3.05, 3.63) is 69.0 Å². The minimum atomic E-state index is -0.206. The van der Waals surface area contributed by atoms with Crippen molar-refractivity contribution in [3.63, 3.8) is 0 Å². The van der Waals surface area contributed by atoms with E-state index in [2.05, 4.69) is 5.32 Å². The van der Waals surface area contributed by atoms with Crippen molar-refractivity contribution in [1.82, 2.24) is 5.32 Å². The van der Waals surface area contributed by atoms with Crippen LogP contribution in [0.2, 0.25) is 10.0 Å². The number of nitrogens with one attached hydrogen (secondary N) is 1. The number of halogens is 3. The predicted molar refractivity (Wildman–Crippen MR) is 78.5 cm³/mol. The summed E-state index contributed by atoms with van der Waals surface area (Å²) in [6.45, 7) is 1.75. The fourth-order valence-corrected chi connectivity index (χ4v) is 2.66. The van der Waals surface area contributed by atoms with Crippen molar-refractivity contribution in [2.24, 2.45) is 0 Å². The highest BCUT2D eigenvalue weighted by Gasteiger charge is 2.14. The molecular formula is C15H14Cl2FN. The fraction of sp³-hybridized carbons (Fsp3) is 0.200. The van der Waals surface area contributed by atoms with Crippen LogP contribution in [0, 0.1) is 12.7 Å². The van der Waals surface area contributed by atoms with Gasteiger partial charge in [-0.1, -0.05) is 35.3 Å². The number of hydrogen-bond acceptors (Lipinski definition) is 1. The SMILES string of the molecule is CNC(c1cc(Cl)cc(Cl)c1)c1ccc(F)c(C)c1. The first-order chi connectivity index (χ1) is 9.01. The molecule has 100 valence electrons. The van der Waals surface area contributed by atoms with Crippen LogP contribution in [0.25, 0.3) is 0 Å². The van der Waals surface area contributed by atoms with Crippen molar-refractivity contribution in [1.29, 1.82) is 0 Å². The third-order valence-corrected chi connectivity index (χ3v) is 3.46. The monoisotopic (exact) mass is 297 g/mol. The van der Waals surface area contributed by atoms with E-state index < -0.39 is 0 Å². The van der Waals surface area contributed by atoms with Crippen molar-refractivity contribution < 1.29 is 4.39 Å². The Morgan fingerprint density at radius 3 is 2.16 bits per heavy atom. The summed E-state index contributed by atoms with van der Waals surface area (Å²) in [7, 11) is 1.85. The summed E-state index contributed by atoms with van der Waals surface area (Å²) in [6.07, 6.45) is 0. The summed E-state index contributed by atoms with van der Waals surface area (Å²) < 4.78 is 13.3. The molecule has 19 heavy (non-hydrogen) atoms. The number of hydrogen-bond donors (Lipinski definition) is 1. The molecule has 0 radical (unpaired) electrons. The summed E-state index contributed by atoms with van der Waals surface area (Å²) in [4.78, 5) is 0. The summed E-state index contributed by atoms with van der Waals surface area (Å²) in [6, 6.07) is 10.4. The van der Waals surface area contributed by atoms with Crippen LogP contribution in [-0.4, -0.2) is 7.05 Å². The molecule has 0 spiro atoms. The molecule has 0 aliphatic rings. The molecule has 0 saturated heterocycles. The Bertz CT molecular complexity index is 578. The summed E-state index contributed by atoms with van der Waals surface area (Å²) in [5.41, 5.74) is 2.54. The number of benzene rings is 2. The Labute approximate surface area is 122 Å². The van der Waals surface area contributed by atoms with Crippen LogP contribution in [0.3, 0.4) is 0 Å². The van der Waals surface area contributed by atoms with Gasteiger partial charge in [0, 0.05) is 10.0 Å². The zero-order valence-electron chi connectivity index (χ0n) is 10.7. The van der Waals surface area contributed by atoms with Gasteiger partial charge in [0.2, 0.25) is 0 Å². The molecular weight excluding hydrogens is 284 g/mol. The molecule has 0 aliphatic heterocycles. The molecule has 0 fully saturated rings. The van der Waals surface area contributed by atoms with E-state index in [1.54, 1.807) is 19.1 Å². The summed E-state index contributed by atoms with van der Waals surface area (Å²) in [5, 5.41) is 4.37. The quantitative estimate of drug-likeness (QED) is 0.862. The molecule has 2 aromatic carbocycles. The van der Waals surface area contributed by atoms with Crippen LogP contribution in [0.4, 0.5) is 4.39 Å². The third-order valence-electron chi connectivity index (χ3n) is 3.02. The molecule has 0 aromatic heterocycles. The molecule has 0 aliphatic carbocycles. The smallest absolute Gasteiger partial charge is 0.126 e. The van der Waals surface area contributed by atoms with Crippen LogP contribution in [0.5, 0.6) is 0 Å². The molecule has 0 saturated carbocycles. The first kappa shape index (κ1) is 14.3.